The molecule has 5 heteroatoms. The van der Waals surface area contributed by atoms with Crippen molar-refractivity contribution in [2.45, 2.75) is 31.0 Å². The molecule has 1 aromatic rings. The maximum atomic E-state index is 4.12. The summed E-state index contributed by atoms with van der Waals surface area (Å²) in [5, 5.41) is 3.44. The quantitative estimate of drug-likeness (QED) is 0.564. The fourth-order valence-corrected chi connectivity index (χ4v) is 2.61. The van der Waals surface area contributed by atoms with Crippen molar-refractivity contribution in [3.05, 3.63) is 6.33 Å². The van der Waals surface area contributed by atoms with Gasteiger partial charge in [-0.05, 0) is 36.8 Å². The van der Waals surface area contributed by atoms with Crippen LogP contribution in [-0.4, -0.2) is 28.2 Å². The van der Waals surface area contributed by atoms with Crippen LogP contribution >= 0.6 is 23.3 Å². The molecule has 0 radical (unpaired) electrons. The highest BCUT2D eigenvalue weighted by Gasteiger charge is 1.97. The van der Waals surface area contributed by atoms with E-state index in [0.29, 0.717) is 0 Å². The van der Waals surface area contributed by atoms with Crippen molar-refractivity contribution >= 4 is 23.3 Å². The molecular weight excluding hydrogens is 226 g/mol. The topological polar surface area (TPSA) is 37.8 Å². The van der Waals surface area contributed by atoms with Gasteiger partial charge in [-0.25, -0.2) is 4.98 Å². The highest BCUT2D eigenvalue weighted by atomic mass is 32.2. The first kappa shape index (κ1) is 12.9. The largest absolute Gasteiger partial charge is 0.316 e. The Hall–Kier alpha value is -0.130. The molecule has 1 N–H and O–H groups in total. The summed E-state index contributed by atoms with van der Waals surface area (Å²) >= 11 is 3.24. The van der Waals surface area contributed by atoms with Crippen LogP contribution in [0.1, 0.15) is 26.7 Å². The molecule has 0 aliphatic rings. The van der Waals surface area contributed by atoms with Gasteiger partial charge in [0.1, 0.15) is 6.33 Å². The summed E-state index contributed by atoms with van der Waals surface area (Å²) in [4.78, 5) is 4.12. The van der Waals surface area contributed by atoms with Gasteiger partial charge in [0.25, 0.3) is 0 Å². The van der Waals surface area contributed by atoms with Crippen LogP contribution in [0, 0.1) is 5.92 Å². The van der Waals surface area contributed by atoms with Gasteiger partial charge in [0.05, 0.1) is 0 Å². The molecule has 0 bridgehead atoms. The average Bonchev–Trinajstić information content (AvgIpc) is 2.68. The lowest BCUT2D eigenvalue weighted by atomic mass is 10.1. The van der Waals surface area contributed by atoms with E-state index in [4.69, 9.17) is 0 Å². The van der Waals surface area contributed by atoms with E-state index in [1.54, 1.807) is 18.1 Å². The molecule has 0 spiro atoms. The number of aromatic nitrogens is 2. The van der Waals surface area contributed by atoms with Crippen molar-refractivity contribution in [1.29, 1.82) is 0 Å². The highest BCUT2D eigenvalue weighted by molar-refractivity contribution is 8.00. The summed E-state index contributed by atoms with van der Waals surface area (Å²) in [6.45, 7) is 6.73. The third-order valence-corrected chi connectivity index (χ3v) is 3.78. The fourth-order valence-electron chi connectivity index (χ4n) is 1.20. The van der Waals surface area contributed by atoms with Gasteiger partial charge in [0.15, 0.2) is 4.34 Å². The minimum absolute atomic E-state index is 0.822. The van der Waals surface area contributed by atoms with Gasteiger partial charge in [-0.15, -0.1) is 0 Å². The SMILES string of the molecule is CC(C)CCCNCCSc1ncns1. The van der Waals surface area contributed by atoms with Crippen molar-refractivity contribution in [2.75, 3.05) is 18.8 Å². The van der Waals surface area contributed by atoms with E-state index in [1.165, 1.54) is 24.4 Å². The van der Waals surface area contributed by atoms with Crippen molar-refractivity contribution in [3.63, 3.8) is 0 Å². The van der Waals surface area contributed by atoms with E-state index >= 15 is 0 Å². The van der Waals surface area contributed by atoms with Crippen molar-refractivity contribution in [3.8, 4) is 0 Å². The summed E-state index contributed by atoms with van der Waals surface area (Å²) in [6.07, 6.45) is 4.21. The van der Waals surface area contributed by atoms with Crippen LogP contribution in [0.15, 0.2) is 10.7 Å². The maximum absolute atomic E-state index is 4.12. The zero-order valence-corrected chi connectivity index (χ0v) is 11.0. The Bertz CT molecular complexity index is 237. The highest BCUT2D eigenvalue weighted by Crippen LogP contribution is 2.16. The molecular formula is C10H19N3S2. The van der Waals surface area contributed by atoms with Gasteiger partial charge in [-0.1, -0.05) is 25.6 Å². The predicted octanol–water partition coefficient (Wildman–Crippen LogP) is 2.66. The minimum Gasteiger partial charge on any atom is -0.316 e. The maximum Gasteiger partial charge on any atom is 0.169 e. The second kappa shape index (κ2) is 8.07. The molecule has 0 saturated heterocycles. The first-order valence-electron chi connectivity index (χ1n) is 5.39. The van der Waals surface area contributed by atoms with Gasteiger partial charge < -0.3 is 5.32 Å². The molecule has 3 nitrogen and oxygen atoms in total. The lowest BCUT2D eigenvalue weighted by molar-refractivity contribution is 0.534. The van der Waals surface area contributed by atoms with E-state index in [1.807, 2.05) is 0 Å². The normalized spacial score (nSPS) is 11.1. The third kappa shape index (κ3) is 6.87. The molecule has 0 aliphatic heterocycles. The van der Waals surface area contributed by atoms with Crippen molar-refractivity contribution < 1.29 is 0 Å². The molecule has 0 saturated carbocycles. The van der Waals surface area contributed by atoms with Gasteiger partial charge in [-0.3, -0.25) is 0 Å². The molecule has 1 rings (SSSR count). The van der Waals surface area contributed by atoms with E-state index in [-0.39, 0.29) is 0 Å². The fraction of sp³-hybridized carbons (Fsp3) is 0.800. The van der Waals surface area contributed by atoms with Crippen LogP contribution in [0.25, 0.3) is 0 Å². The summed E-state index contributed by atoms with van der Waals surface area (Å²) in [5.74, 6) is 1.90. The van der Waals surface area contributed by atoms with Gasteiger partial charge in [0, 0.05) is 12.3 Å². The summed E-state index contributed by atoms with van der Waals surface area (Å²) in [7, 11) is 0. The minimum atomic E-state index is 0.822. The van der Waals surface area contributed by atoms with Crippen LogP contribution in [0.4, 0.5) is 0 Å². The van der Waals surface area contributed by atoms with Crippen LogP contribution in [-0.2, 0) is 0 Å². The van der Waals surface area contributed by atoms with Crippen LogP contribution in [0.3, 0.4) is 0 Å². The summed E-state index contributed by atoms with van der Waals surface area (Å²) < 4.78 is 5.03. The Morgan fingerprint density at radius 2 is 2.33 bits per heavy atom. The number of hydrogen-bond donors (Lipinski definition) is 1. The Kier molecular flexibility index (Phi) is 6.96. The Morgan fingerprint density at radius 3 is 3.00 bits per heavy atom. The first-order chi connectivity index (χ1) is 7.29. The zero-order chi connectivity index (χ0) is 10.9. The number of rotatable bonds is 8. The molecule has 15 heavy (non-hydrogen) atoms. The smallest absolute Gasteiger partial charge is 0.169 e. The monoisotopic (exact) mass is 245 g/mol. The van der Waals surface area contributed by atoms with Gasteiger partial charge in [0.2, 0.25) is 0 Å². The number of hydrogen-bond acceptors (Lipinski definition) is 5. The van der Waals surface area contributed by atoms with Gasteiger partial charge >= 0.3 is 0 Å². The molecule has 0 atom stereocenters. The summed E-state index contributed by atoms with van der Waals surface area (Å²) in [6, 6.07) is 0. The first-order valence-corrected chi connectivity index (χ1v) is 7.15. The second-order valence-electron chi connectivity index (χ2n) is 3.84. The molecule has 0 unspecified atom stereocenters. The molecule has 86 valence electrons. The lowest BCUT2D eigenvalue weighted by Crippen LogP contribution is -2.18. The van der Waals surface area contributed by atoms with E-state index < -0.39 is 0 Å². The number of nitrogens with one attached hydrogen (secondary N) is 1. The van der Waals surface area contributed by atoms with Crippen LogP contribution < -0.4 is 5.32 Å². The van der Waals surface area contributed by atoms with Crippen LogP contribution in [0.5, 0.6) is 0 Å². The zero-order valence-electron chi connectivity index (χ0n) is 9.40. The molecule has 0 fully saturated rings. The average molecular weight is 245 g/mol. The van der Waals surface area contributed by atoms with Gasteiger partial charge in [-0.2, -0.15) is 4.37 Å². The predicted molar refractivity (Wildman–Crippen MR) is 67.6 cm³/mol. The molecule has 1 heterocycles. The van der Waals surface area contributed by atoms with E-state index in [2.05, 4.69) is 28.5 Å². The van der Waals surface area contributed by atoms with Crippen molar-refractivity contribution in [1.82, 2.24) is 14.7 Å². The summed E-state index contributed by atoms with van der Waals surface area (Å²) in [5.41, 5.74) is 0. The second-order valence-corrected chi connectivity index (χ2v) is 5.96. The molecule has 0 aliphatic carbocycles. The Balaban J connectivity index is 1.85. The van der Waals surface area contributed by atoms with E-state index in [9.17, 15) is 0 Å². The third-order valence-electron chi connectivity index (χ3n) is 1.98. The molecule has 1 aromatic heterocycles. The standard InChI is InChI=1S/C10H19N3S2/c1-9(2)4-3-5-11-6-7-14-10-12-8-13-15-10/h8-9,11H,3-7H2,1-2H3. The molecule has 0 amide bonds. The number of thioether (sulfide) groups is 1. The Labute approximate surface area is 100 Å². The molecule has 0 aromatic carbocycles. The van der Waals surface area contributed by atoms with E-state index in [0.717, 1.165) is 29.1 Å². The van der Waals surface area contributed by atoms with Crippen LogP contribution in [0.2, 0.25) is 0 Å². The van der Waals surface area contributed by atoms with Crippen molar-refractivity contribution in [2.24, 2.45) is 5.92 Å². The number of nitrogens with zero attached hydrogens (tertiary/aromatic N) is 2. The lowest BCUT2D eigenvalue weighted by Gasteiger charge is -2.05. The Morgan fingerprint density at radius 1 is 1.47 bits per heavy atom.